The molecule has 0 N–H and O–H groups in total. The quantitative estimate of drug-likeness (QED) is 0.668. The van der Waals surface area contributed by atoms with Crippen LogP contribution in [0.5, 0.6) is 0 Å². The van der Waals surface area contributed by atoms with Crippen molar-refractivity contribution in [3.8, 4) is 0 Å². The van der Waals surface area contributed by atoms with Crippen molar-refractivity contribution in [3.05, 3.63) is 29.6 Å². The van der Waals surface area contributed by atoms with Crippen molar-refractivity contribution in [1.82, 2.24) is 9.21 Å². The third-order valence-corrected chi connectivity index (χ3v) is 6.72. The maximum absolute atomic E-state index is 14.2. The minimum Gasteiger partial charge on any atom is -0.449 e. The van der Waals surface area contributed by atoms with Crippen LogP contribution in [0.15, 0.2) is 23.1 Å². The van der Waals surface area contributed by atoms with Crippen molar-refractivity contribution in [2.45, 2.75) is 30.8 Å². The Morgan fingerprint density at radius 1 is 1.14 bits per heavy atom. The summed E-state index contributed by atoms with van der Waals surface area (Å²) in [6.07, 6.45) is 0.815. The first-order valence-corrected chi connectivity index (χ1v) is 10.6. The van der Waals surface area contributed by atoms with Crippen LogP contribution in [0.2, 0.25) is 0 Å². The molecule has 154 valence electrons. The SMILES string of the molecule is C[C@@H](OC(=O)c1ccc(F)c(S(=O)(=O)N2CCOCC2)c1)C(=O)N1CCCC1. The van der Waals surface area contributed by atoms with Gasteiger partial charge in [0.1, 0.15) is 10.7 Å². The van der Waals surface area contributed by atoms with Crippen LogP contribution in [0, 0.1) is 5.82 Å². The van der Waals surface area contributed by atoms with Gasteiger partial charge in [-0.15, -0.1) is 0 Å². The number of hydrogen-bond acceptors (Lipinski definition) is 6. The van der Waals surface area contributed by atoms with E-state index in [1.807, 2.05) is 0 Å². The number of carbonyl (C=O) groups is 2. The van der Waals surface area contributed by atoms with Crippen molar-refractivity contribution in [2.75, 3.05) is 39.4 Å². The summed E-state index contributed by atoms with van der Waals surface area (Å²) in [7, 11) is -4.11. The molecule has 0 bridgehead atoms. The number of benzene rings is 1. The first-order valence-electron chi connectivity index (χ1n) is 9.18. The predicted octanol–water partition coefficient (Wildman–Crippen LogP) is 1.01. The van der Waals surface area contributed by atoms with Gasteiger partial charge in [0.05, 0.1) is 18.8 Å². The molecule has 28 heavy (non-hydrogen) atoms. The summed E-state index contributed by atoms with van der Waals surface area (Å²) in [4.78, 5) is 25.7. The summed E-state index contributed by atoms with van der Waals surface area (Å²) in [6, 6.07) is 3.01. The third-order valence-electron chi connectivity index (χ3n) is 4.80. The van der Waals surface area contributed by atoms with Crippen molar-refractivity contribution in [1.29, 1.82) is 0 Å². The summed E-state index contributed by atoms with van der Waals surface area (Å²) >= 11 is 0. The summed E-state index contributed by atoms with van der Waals surface area (Å²) in [5.41, 5.74) is -0.130. The van der Waals surface area contributed by atoms with Crippen LogP contribution in [0.3, 0.4) is 0 Å². The Labute approximate surface area is 163 Å². The number of carbonyl (C=O) groups excluding carboxylic acids is 2. The highest BCUT2D eigenvalue weighted by Gasteiger charge is 2.31. The van der Waals surface area contributed by atoms with Gasteiger partial charge in [0, 0.05) is 26.2 Å². The second kappa shape index (κ2) is 8.54. The molecule has 2 heterocycles. The predicted molar refractivity (Wildman–Crippen MR) is 96.7 cm³/mol. The Kier molecular flexibility index (Phi) is 6.31. The highest BCUT2D eigenvalue weighted by Crippen LogP contribution is 2.22. The summed E-state index contributed by atoms with van der Waals surface area (Å²) in [5.74, 6) is -2.13. The average Bonchev–Trinajstić information content (AvgIpc) is 3.23. The van der Waals surface area contributed by atoms with Gasteiger partial charge in [0.15, 0.2) is 6.10 Å². The van der Waals surface area contributed by atoms with Gasteiger partial charge in [0.2, 0.25) is 10.0 Å². The van der Waals surface area contributed by atoms with Crippen LogP contribution < -0.4 is 0 Å². The van der Waals surface area contributed by atoms with Gasteiger partial charge >= 0.3 is 5.97 Å². The van der Waals surface area contributed by atoms with Gasteiger partial charge in [-0.1, -0.05) is 0 Å². The lowest BCUT2D eigenvalue weighted by Crippen LogP contribution is -2.41. The Bertz CT molecular complexity index is 848. The van der Waals surface area contributed by atoms with Gasteiger partial charge in [-0.25, -0.2) is 17.6 Å². The number of amides is 1. The summed E-state index contributed by atoms with van der Waals surface area (Å²) in [5, 5.41) is 0. The number of hydrogen-bond donors (Lipinski definition) is 0. The largest absolute Gasteiger partial charge is 0.449 e. The molecule has 2 saturated heterocycles. The van der Waals surface area contributed by atoms with E-state index in [-0.39, 0.29) is 37.8 Å². The number of sulfonamides is 1. The normalized spacial score (nSPS) is 19.4. The molecule has 8 nitrogen and oxygen atoms in total. The number of ether oxygens (including phenoxy) is 2. The zero-order valence-electron chi connectivity index (χ0n) is 15.6. The van der Waals surface area contributed by atoms with E-state index < -0.39 is 32.8 Å². The fraction of sp³-hybridized carbons (Fsp3) is 0.556. The molecule has 0 radical (unpaired) electrons. The highest BCUT2D eigenvalue weighted by molar-refractivity contribution is 7.89. The van der Waals surface area contributed by atoms with Crippen LogP contribution in [-0.2, 0) is 24.3 Å². The second-order valence-corrected chi connectivity index (χ2v) is 8.65. The number of halogens is 1. The van der Waals surface area contributed by atoms with Gasteiger partial charge in [-0.05, 0) is 38.0 Å². The zero-order chi connectivity index (χ0) is 20.3. The molecular weight excluding hydrogens is 391 g/mol. The standard InChI is InChI=1S/C18H23FN2O6S/c1-13(17(22)20-6-2-3-7-20)27-18(23)14-4-5-15(19)16(12-14)28(24,25)21-8-10-26-11-9-21/h4-5,12-13H,2-3,6-11H2,1H3/t13-/m1/s1. The smallest absolute Gasteiger partial charge is 0.338 e. The number of nitrogens with zero attached hydrogens (tertiary/aromatic N) is 2. The molecule has 2 fully saturated rings. The molecule has 1 atom stereocenters. The lowest BCUT2D eigenvalue weighted by Gasteiger charge is -2.26. The average molecular weight is 414 g/mol. The van der Waals surface area contributed by atoms with Crippen LogP contribution in [0.1, 0.15) is 30.1 Å². The first-order chi connectivity index (χ1) is 13.3. The van der Waals surface area contributed by atoms with E-state index in [9.17, 15) is 22.4 Å². The minimum absolute atomic E-state index is 0.109. The fourth-order valence-corrected chi connectivity index (χ4v) is 4.73. The number of esters is 1. The maximum Gasteiger partial charge on any atom is 0.338 e. The third kappa shape index (κ3) is 4.34. The van der Waals surface area contributed by atoms with Gasteiger partial charge in [-0.2, -0.15) is 4.31 Å². The molecule has 10 heteroatoms. The Balaban J connectivity index is 1.76. The van der Waals surface area contributed by atoms with Crippen molar-refractivity contribution in [3.63, 3.8) is 0 Å². The van der Waals surface area contributed by atoms with E-state index in [0.717, 1.165) is 35.3 Å². The van der Waals surface area contributed by atoms with Crippen LogP contribution in [0.25, 0.3) is 0 Å². The molecule has 0 saturated carbocycles. The van der Waals surface area contributed by atoms with E-state index in [1.165, 1.54) is 6.92 Å². The number of likely N-dealkylation sites (tertiary alicyclic amines) is 1. The van der Waals surface area contributed by atoms with Crippen molar-refractivity contribution < 1.29 is 31.9 Å². The molecule has 2 aliphatic rings. The lowest BCUT2D eigenvalue weighted by atomic mass is 10.2. The Hall–Kier alpha value is -2.04. The molecule has 0 spiro atoms. The van der Waals surface area contributed by atoms with Crippen LogP contribution in [0.4, 0.5) is 4.39 Å². The van der Waals surface area contributed by atoms with E-state index in [4.69, 9.17) is 9.47 Å². The van der Waals surface area contributed by atoms with E-state index in [1.54, 1.807) is 4.90 Å². The topological polar surface area (TPSA) is 93.2 Å². The Morgan fingerprint density at radius 3 is 2.43 bits per heavy atom. The van der Waals surface area contributed by atoms with Crippen molar-refractivity contribution >= 4 is 21.9 Å². The summed E-state index contributed by atoms with van der Waals surface area (Å²) < 4.78 is 51.1. The second-order valence-electron chi connectivity index (χ2n) is 6.74. The molecular formula is C18H23FN2O6S. The highest BCUT2D eigenvalue weighted by atomic mass is 32.2. The molecule has 0 unspecified atom stereocenters. The maximum atomic E-state index is 14.2. The fourth-order valence-electron chi connectivity index (χ4n) is 3.23. The lowest BCUT2D eigenvalue weighted by molar-refractivity contribution is -0.138. The molecule has 1 aromatic rings. The molecule has 0 aromatic heterocycles. The van der Waals surface area contributed by atoms with Crippen LogP contribution in [-0.4, -0.2) is 75.0 Å². The van der Waals surface area contributed by atoms with Gasteiger partial charge < -0.3 is 14.4 Å². The molecule has 2 aliphatic heterocycles. The first kappa shape index (κ1) is 20.7. The van der Waals surface area contributed by atoms with Crippen molar-refractivity contribution in [2.24, 2.45) is 0 Å². The monoisotopic (exact) mass is 414 g/mol. The van der Waals surface area contributed by atoms with Crippen LogP contribution >= 0.6 is 0 Å². The molecule has 3 rings (SSSR count). The van der Waals surface area contributed by atoms with Gasteiger partial charge in [0.25, 0.3) is 5.91 Å². The molecule has 1 aromatic carbocycles. The molecule has 0 aliphatic carbocycles. The molecule has 1 amide bonds. The van der Waals surface area contributed by atoms with E-state index >= 15 is 0 Å². The number of morpholine rings is 1. The van der Waals surface area contributed by atoms with E-state index in [2.05, 4.69) is 0 Å². The minimum atomic E-state index is -4.11. The number of rotatable bonds is 5. The Morgan fingerprint density at radius 2 is 1.79 bits per heavy atom. The summed E-state index contributed by atoms with van der Waals surface area (Å²) in [6.45, 7) is 3.37. The van der Waals surface area contributed by atoms with E-state index in [0.29, 0.717) is 13.1 Å². The zero-order valence-corrected chi connectivity index (χ0v) is 16.4. The van der Waals surface area contributed by atoms with Gasteiger partial charge in [-0.3, -0.25) is 4.79 Å².